The van der Waals surface area contributed by atoms with Crippen molar-refractivity contribution < 1.29 is 4.79 Å². The Morgan fingerprint density at radius 3 is 2.62 bits per heavy atom. The fourth-order valence-corrected chi connectivity index (χ4v) is 3.19. The highest BCUT2D eigenvalue weighted by Gasteiger charge is 2.19. The van der Waals surface area contributed by atoms with Gasteiger partial charge in [-0.1, -0.05) is 0 Å². The summed E-state index contributed by atoms with van der Waals surface area (Å²) >= 11 is 1.66. The molecule has 0 radical (unpaired) electrons. The molecule has 0 saturated carbocycles. The second kappa shape index (κ2) is 5.60. The molecule has 0 aliphatic rings. The number of fused-ring (bicyclic) bond motifs is 1. The zero-order valence-electron chi connectivity index (χ0n) is 13.4. The number of anilines is 1. The predicted molar refractivity (Wildman–Crippen MR) is 88.1 cm³/mol. The van der Waals surface area contributed by atoms with Crippen LogP contribution in [-0.2, 0) is 4.79 Å². The number of carbonyl (C=O) groups is 1. The number of hydrogen-bond donors (Lipinski definition) is 1. The molecule has 0 bridgehead atoms. The molecule has 0 aliphatic carbocycles. The second-order valence-electron chi connectivity index (χ2n) is 6.31. The average Bonchev–Trinajstić information content (AvgIpc) is 2.62. The maximum Gasteiger partial charge on any atom is 0.239 e. The van der Waals surface area contributed by atoms with E-state index in [1.165, 1.54) is 10.4 Å². The molecule has 2 heterocycles. The molecule has 5 nitrogen and oxygen atoms in total. The molecule has 1 N–H and O–H groups in total. The smallest absolute Gasteiger partial charge is 0.239 e. The number of likely N-dealkylation sites (N-methyl/N-ethyl adjacent to an activating group) is 1. The van der Waals surface area contributed by atoms with Gasteiger partial charge in [0.1, 0.15) is 17.0 Å². The van der Waals surface area contributed by atoms with E-state index in [1.54, 1.807) is 17.7 Å². The molecule has 0 spiro atoms. The number of nitrogens with zero attached hydrogens (tertiary/aromatic N) is 3. The topological polar surface area (TPSA) is 58.1 Å². The molecule has 0 fully saturated rings. The highest BCUT2D eigenvalue weighted by molar-refractivity contribution is 7.18. The fourth-order valence-electron chi connectivity index (χ4n) is 2.20. The van der Waals surface area contributed by atoms with Crippen LogP contribution in [-0.4, -0.2) is 35.0 Å². The minimum Gasteiger partial charge on any atom is -0.350 e. The summed E-state index contributed by atoms with van der Waals surface area (Å²) in [5.74, 6) is 0.798. The standard InChI is InChI=1S/C15H22N4OS/c1-9-10(2)21-14-12(9)13(16-8-17-14)19(6)7-11(20)18-15(3,4)5/h8H,7H2,1-6H3,(H,18,20). The van der Waals surface area contributed by atoms with E-state index in [2.05, 4.69) is 29.1 Å². The molecule has 0 saturated heterocycles. The van der Waals surface area contributed by atoms with E-state index in [0.717, 1.165) is 16.0 Å². The van der Waals surface area contributed by atoms with Crippen molar-refractivity contribution in [3.63, 3.8) is 0 Å². The monoisotopic (exact) mass is 306 g/mol. The Kier molecular flexibility index (Phi) is 4.18. The van der Waals surface area contributed by atoms with Crippen LogP contribution in [0.15, 0.2) is 6.33 Å². The first kappa shape index (κ1) is 15.7. The maximum absolute atomic E-state index is 12.1. The van der Waals surface area contributed by atoms with Crippen LogP contribution in [0.3, 0.4) is 0 Å². The Balaban J connectivity index is 2.28. The normalized spacial score (nSPS) is 11.7. The molecular weight excluding hydrogens is 284 g/mol. The Labute approximate surface area is 129 Å². The highest BCUT2D eigenvalue weighted by Crippen LogP contribution is 2.33. The number of nitrogens with one attached hydrogen (secondary N) is 1. The van der Waals surface area contributed by atoms with Crippen LogP contribution in [0.25, 0.3) is 10.2 Å². The summed E-state index contributed by atoms with van der Waals surface area (Å²) in [6.07, 6.45) is 1.56. The van der Waals surface area contributed by atoms with Gasteiger partial charge in [-0.2, -0.15) is 0 Å². The molecular formula is C15H22N4OS. The lowest BCUT2D eigenvalue weighted by Crippen LogP contribution is -2.45. The summed E-state index contributed by atoms with van der Waals surface area (Å²) in [6, 6.07) is 0. The van der Waals surface area contributed by atoms with Crippen molar-refractivity contribution in [2.24, 2.45) is 0 Å². The van der Waals surface area contributed by atoms with Gasteiger partial charge in [0.2, 0.25) is 5.91 Å². The summed E-state index contributed by atoms with van der Waals surface area (Å²) in [5, 5.41) is 4.01. The Bertz CT molecular complexity index is 672. The van der Waals surface area contributed by atoms with Crippen molar-refractivity contribution in [1.82, 2.24) is 15.3 Å². The largest absolute Gasteiger partial charge is 0.350 e. The first-order valence-electron chi connectivity index (χ1n) is 6.92. The fraction of sp³-hybridized carbons (Fsp3) is 0.533. The third-order valence-corrected chi connectivity index (χ3v) is 4.32. The summed E-state index contributed by atoms with van der Waals surface area (Å²) in [4.78, 5) is 24.9. The number of amides is 1. The summed E-state index contributed by atoms with van der Waals surface area (Å²) < 4.78 is 0. The molecule has 2 rings (SSSR count). The highest BCUT2D eigenvalue weighted by atomic mass is 32.1. The van der Waals surface area contributed by atoms with Crippen molar-refractivity contribution in [2.45, 2.75) is 40.2 Å². The van der Waals surface area contributed by atoms with Gasteiger partial charge in [-0.05, 0) is 40.2 Å². The van der Waals surface area contributed by atoms with Crippen LogP contribution < -0.4 is 10.2 Å². The lowest BCUT2D eigenvalue weighted by Gasteiger charge is -2.24. The molecule has 0 aliphatic heterocycles. The summed E-state index contributed by atoms with van der Waals surface area (Å²) in [7, 11) is 1.89. The van der Waals surface area contributed by atoms with Crippen LogP contribution in [0.5, 0.6) is 0 Å². The van der Waals surface area contributed by atoms with Gasteiger partial charge in [0, 0.05) is 17.5 Å². The molecule has 0 aromatic carbocycles. The van der Waals surface area contributed by atoms with Gasteiger partial charge < -0.3 is 10.2 Å². The number of aryl methyl sites for hydroxylation is 2. The Morgan fingerprint density at radius 2 is 2.00 bits per heavy atom. The molecule has 0 atom stereocenters. The summed E-state index contributed by atoms with van der Waals surface area (Å²) in [5.41, 5.74) is 0.960. The van der Waals surface area contributed by atoms with Gasteiger partial charge in [0.25, 0.3) is 0 Å². The quantitative estimate of drug-likeness (QED) is 0.947. The van der Waals surface area contributed by atoms with E-state index in [1.807, 2.05) is 32.7 Å². The van der Waals surface area contributed by atoms with E-state index >= 15 is 0 Å². The summed E-state index contributed by atoms with van der Waals surface area (Å²) in [6.45, 7) is 10.3. The molecule has 2 aromatic heterocycles. The van der Waals surface area contributed by atoms with Crippen LogP contribution >= 0.6 is 11.3 Å². The number of hydrogen-bond acceptors (Lipinski definition) is 5. The van der Waals surface area contributed by atoms with Crippen molar-refractivity contribution in [3.05, 3.63) is 16.8 Å². The van der Waals surface area contributed by atoms with Crippen LogP contribution in [0, 0.1) is 13.8 Å². The van der Waals surface area contributed by atoms with Gasteiger partial charge >= 0.3 is 0 Å². The molecule has 1 amide bonds. The lowest BCUT2D eigenvalue weighted by atomic mass is 10.1. The Hall–Kier alpha value is -1.69. The molecule has 2 aromatic rings. The molecule has 114 valence electrons. The zero-order chi connectivity index (χ0) is 15.8. The number of aromatic nitrogens is 2. The van der Waals surface area contributed by atoms with Crippen molar-refractivity contribution in [1.29, 1.82) is 0 Å². The van der Waals surface area contributed by atoms with Crippen LogP contribution in [0.4, 0.5) is 5.82 Å². The average molecular weight is 306 g/mol. The molecule has 0 unspecified atom stereocenters. The zero-order valence-corrected chi connectivity index (χ0v) is 14.3. The van der Waals surface area contributed by atoms with E-state index in [0.29, 0.717) is 0 Å². The van der Waals surface area contributed by atoms with Crippen LogP contribution in [0.2, 0.25) is 0 Å². The van der Waals surface area contributed by atoms with E-state index in [4.69, 9.17) is 0 Å². The molecule has 21 heavy (non-hydrogen) atoms. The van der Waals surface area contributed by atoms with E-state index in [-0.39, 0.29) is 18.0 Å². The second-order valence-corrected chi connectivity index (χ2v) is 7.52. The predicted octanol–water partition coefficient (Wildman–Crippen LogP) is 2.66. The number of carbonyl (C=O) groups excluding carboxylic acids is 1. The Morgan fingerprint density at radius 1 is 1.33 bits per heavy atom. The van der Waals surface area contributed by atoms with Gasteiger partial charge in [0.15, 0.2) is 0 Å². The van der Waals surface area contributed by atoms with E-state index in [9.17, 15) is 4.79 Å². The minimum atomic E-state index is -0.228. The molecule has 6 heteroatoms. The SMILES string of the molecule is Cc1sc2ncnc(N(C)CC(=O)NC(C)(C)C)c2c1C. The third kappa shape index (κ3) is 3.50. The lowest BCUT2D eigenvalue weighted by molar-refractivity contribution is -0.121. The minimum absolute atomic E-state index is 0.0126. The van der Waals surface area contributed by atoms with E-state index < -0.39 is 0 Å². The first-order valence-corrected chi connectivity index (χ1v) is 7.73. The van der Waals surface area contributed by atoms with Gasteiger partial charge in [-0.15, -0.1) is 11.3 Å². The van der Waals surface area contributed by atoms with Gasteiger partial charge in [-0.25, -0.2) is 9.97 Å². The first-order chi connectivity index (χ1) is 9.69. The van der Waals surface area contributed by atoms with Crippen molar-refractivity contribution in [3.8, 4) is 0 Å². The van der Waals surface area contributed by atoms with Crippen LogP contribution in [0.1, 0.15) is 31.2 Å². The number of thiophene rings is 1. The van der Waals surface area contributed by atoms with Gasteiger partial charge in [-0.3, -0.25) is 4.79 Å². The van der Waals surface area contributed by atoms with Crippen molar-refractivity contribution >= 4 is 33.3 Å². The van der Waals surface area contributed by atoms with Gasteiger partial charge in [0.05, 0.1) is 11.9 Å². The van der Waals surface area contributed by atoms with Crippen molar-refractivity contribution in [2.75, 3.05) is 18.5 Å². The maximum atomic E-state index is 12.1. The third-order valence-electron chi connectivity index (χ3n) is 3.20. The number of rotatable bonds is 3.